The molecule has 0 unspecified atom stereocenters. The van der Waals surface area contributed by atoms with Gasteiger partial charge in [0.05, 0.1) is 18.1 Å². The number of hydrogen-bond donors (Lipinski definition) is 1. The standard InChI is InChI=1S/C10H10F3N3/c1-7-4-8(6-14)5-9(16-7)15-3-2-10(11,12)13/h4-5H,2-3H2,1H3,(H,15,16). The molecule has 0 saturated heterocycles. The highest BCUT2D eigenvalue weighted by Crippen LogP contribution is 2.19. The highest BCUT2D eigenvalue weighted by Gasteiger charge is 2.26. The number of nitrogens with one attached hydrogen (secondary N) is 1. The SMILES string of the molecule is Cc1cc(C#N)cc(NCCC(F)(F)F)n1. The fourth-order valence-electron chi connectivity index (χ4n) is 1.16. The monoisotopic (exact) mass is 229 g/mol. The molecule has 1 heterocycles. The second-order valence-corrected chi connectivity index (χ2v) is 3.29. The van der Waals surface area contributed by atoms with E-state index in [1.165, 1.54) is 6.07 Å². The number of nitrogens with zero attached hydrogens (tertiary/aromatic N) is 2. The molecule has 0 atom stereocenters. The number of halogens is 3. The number of anilines is 1. The topological polar surface area (TPSA) is 48.7 Å². The van der Waals surface area contributed by atoms with Crippen LogP contribution in [0.15, 0.2) is 12.1 Å². The summed E-state index contributed by atoms with van der Waals surface area (Å²) in [6, 6.07) is 4.90. The Hall–Kier alpha value is -1.77. The van der Waals surface area contributed by atoms with Gasteiger partial charge in [0.2, 0.25) is 0 Å². The molecule has 1 aromatic heterocycles. The summed E-state index contributed by atoms with van der Waals surface area (Å²) < 4.78 is 35.6. The van der Waals surface area contributed by atoms with Crippen molar-refractivity contribution in [2.75, 3.05) is 11.9 Å². The van der Waals surface area contributed by atoms with Crippen molar-refractivity contribution in [3.05, 3.63) is 23.4 Å². The minimum Gasteiger partial charge on any atom is -0.370 e. The van der Waals surface area contributed by atoms with E-state index in [1.807, 2.05) is 6.07 Å². The highest BCUT2D eigenvalue weighted by atomic mass is 19.4. The fourth-order valence-corrected chi connectivity index (χ4v) is 1.16. The molecule has 16 heavy (non-hydrogen) atoms. The van der Waals surface area contributed by atoms with Crippen molar-refractivity contribution in [1.82, 2.24) is 4.98 Å². The van der Waals surface area contributed by atoms with Gasteiger partial charge in [-0.3, -0.25) is 0 Å². The van der Waals surface area contributed by atoms with E-state index < -0.39 is 12.6 Å². The summed E-state index contributed by atoms with van der Waals surface area (Å²) in [6.07, 6.45) is -5.11. The maximum Gasteiger partial charge on any atom is 0.390 e. The van der Waals surface area contributed by atoms with Gasteiger partial charge in [0.25, 0.3) is 0 Å². The van der Waals surface area contributed by atoms with Crippen molar-refractivity contribution in [2.45, 2.75) is 19.5 Å². The lowest BCUT2D eigenvalue weighted by atomic mass is 10.2. The van der Waals surface area contributed by atoms with Gasteiger partial charge in [-0.1, -0.05) is 0 Å². The van der Waals surface area contributed by atoms with E-state index in [4.69, 9.17) is 5.26 Å². The Morgan fingerprint density at radius 3 is 2.69 bits per heavy atom. The molecule has 0 spiro atoms. The van der Waals surface area contributed by atoms with Gasteiger partial charge >= 0.3 is 6.18 Å². The lowest BCUT2D eigenvalue weighted by Gasteiger charge is -2.08. The summed E-state index contributed by atoms with van der Waals surface area (Å²) in [5.41, 5.74) is 0.968. The first kappa shape index (κ1) is 12.3. The summed E-state index contributed by atoms with van der Waals surface area (Å²) in [7, 11) is 0. The number of aromatic nitrogens is 1. The Labute approximate surface area is 90.9 Å². The zero-order valence-electron chi connectivity index (χ0n) is 8.60. The third-order valence-electron chi connectivity index (χ3n) is 1.80. The number of hydrogen-bond acceptors (Lipinski definition) is 3. The van der Waals surface area contributed by atoms with Gasteiger partial charge in [-0.15, -0.1) is 0 Å². The molecule has 0 radical (unpaired) electrons. The van der Waals surface area contributed by atoms with Crippen LogP contribution in [0.4, 0.5) is 19.0 Å². The first-order chi connectivity index (χ1) is 7.40. The van der Waals surface area contributed by atoms with E-state index in [1.54, 1.807) is 13.0 Å². The summed E-state index contributed by atoms with van der Waals surface area (Å²) in [5.74, 6) is 0.292. The molecule has 1 aromatic rings. The van der Waals surface area contributed by atoms with Crippen molar-refractivity contribution in [3.63, 3.8) is 0 Å². The quantitative estimate of drug-likeness (QED) is 0.866. The molecule has 1 rings (SSSR count). The van der Waals surface area contributed by atoms with Crippen LogP contribution in [0.25, 0.3) is 0 Å². The molecule has 6 heteroatoms. The summed E-state index contributed by atoms with van der Waals surface area (Å²) in [6.45, 7) is 1.43. The summed E-state index contributed by atoms with van der Waals surface area (Å²) in [5, 5.41) is 11.2. The minimum absolute atomic E-state index is 0.245. The Balaban J connectivity index is 2.61. The summed E-state index contributed by atoms with van der Waals surface area (Å²) >= 11 is 0. The number of nitriles is 1. The minimum atomic E-state index is -4.19. The van der Waals surface area contributed by atoms with Gasteiger partial charge < -0.3 is 5.32 Å². The molecule has 0 aliphatic rings. The van der Waals surface area contributed by atoms with Crippen LogP contribution in [-0.2, 0) is 0 Å². The second kappa shape index (κ2) is 4.84. The molecular weight excluding hydrogens is 219 g/mol. The van der Waals surface area contributed by atoms with Gasteiger partial charge in [-0.2, -0.15) is 18.4 Å². The first-order valence-electron chi connectivity index (χ1n) is 4.60. The molecule has 0 aromatic carbocycles. The van der Waals surface area contributed by atoms with E-state index in [0.717, 1.165) is 0 Å². The zero-order chi connectivity index (χ0) is 12.2. The van der Waals surface area contributed by atoms with Crippen LogP contribution >= 0.6 is 0 Å². The molecule has 0 bridgehead atoms. The normalized spacial score (nSPS) is 10.9. The molecule has 0 fully saturated rings. The van der Waals surface area contributed by atoms with Crippen LogP contribution in [-0.4, -0.2) is 17.7 Å². The third kappa shape index (κ3) is 4.17. The van der Waals surface area contributed by atoms with Gasteiger partial charge in [-0.05, 0) is 19.1 Å². The molecule has 86 valence electrons. The first-order valence-corrected chi connectivity index (χ1v) is 4.60. The predicted octanol–water partition coefficient (Wildman–Crippen LogP) is 2.63. The zero-order valence-corrected chi connectivity index (χ0v) is 8.60. The Bertz CT molecular complexity index is 407. The molecule has 1 N–H and O–H groups in total. The van der Waals surface area contributed by atoms with E-state index in [9.17, 15) is 13.2 Å². The number of alkyl halides is 3. The molecular formula is C10H10F3N3. The van der Waals surface area contributed by atoms with Crippen LogP contribution in [0.1, 0.15) is 17.7 Å². The fraction of sp³-hybridized carbons (Fsp3) is 0.400. The lowest BCUT2D eigenvalue weighted by Crippen LogP contribution is -2.15. The second-order valence-electron chi connectivity index (χ2n) is 3.29. The average Bonchev–Trinajstić information content (AvgIpc) is 2.14. The van der Waals surface area contributed by atoms with Gasteiger partial charge in [0.15, 0.2) is 0 Å². The van der Waals surface area contributed by atoms with E-state index in [-0.39, 0.29) is 6.54 Å². The van der Waals surface area contributed by atoms with Crippen LogP contribution in [0, 0.1) is 18.3 Å². The van der Waals surface area contributed by atoms with Crippen LogP contribution in [0.2, 0.25) is 0 Å². The number of rotatable bonds is 3. The third-order valence-corrected chi connectivity index (χ3v) is 1.80. The largest absolute Gasteiger partial charge is 0.390 e. The van der Waals surface area contributed by atoms with Crippen molar-refractivity contribution in [2.24, 2.45) is 0 Å². The molecule has 0 amide bonds. The Morgan fingerprint density at radius 1 is 1.44 bits per heavy atom. The summed E-state index contributed by atoms with van der Waals surface area (Å²) in [4.78, 5) is 3.97. The maximum absolute atomic E-state index is 11.9. The van der Waals surface area contributed by atoms with Gasteiger partial charge in [0.1, 0.15) is 5.82 Å². The van der Waals surface area contributed by atoms with Crippen molar-refractivity contribution in [3.8, 4) is 6.07 Å². The van der Waals surface area contributed by atoms with Crippen molar-refractivity contribution in [1.29, 1.82) is 5.26 Å². The molecule has 0 saturated carbocycles. The lowest BCUT2D eigenvalue weighted by molar-refractivity contribution is -0.131. The molecule has 0 aliphatic heterocycles. The van der Waals surface area contributed by atoms with Crippen LogP contribution in [0.3, 0.4) is 0 Å². The van der Waals surface area contributed by atoms with Crippen LogP contribution in [0.5, 0.6) is 0 Å². The van der Waals surface area contributed by atoms with Crippen molar-refractivity contribution >= 4 is 5.82 Å². The van der Waals surface area contributed by atoms with Gasteiger partial charge in [0, 0.05) is 12.2 Å². The number of pyridine rings is 1. The highest BCUT2D eigenvalue weighted by molar-refractivity contribution is 5.44. The number of aryl methyl sites for hydroxylation is 1. The van der Waals surface area contributed by atoms with E-state index in [0.29, 0.717) is 17.1 Å². The Morgan fingerprint density at radius 2 is 2.12 bits per heavy atom. The maximum atomic E-state index is 11.9. The van der Waals surface area contributed by atoms with Crippen molar-refractivity contribution < 1.29 is 13.2 Å². The smallest absolute Gasteiger partial charge is 0.370 e. The molecule has 0 aliphatic carbocycles. The molecule has 3 nitrogen and oxygen atoms in total. The Kier molecular flexibility index (Phi) is 3.72. The van der Waals surface area contributed by atoms with E-state index in [2.05, 4.69) is 10.3 Å². The van der Waals surface area contributed by atoms with Crippen LogP contribution < -0.4 is 5.32 Å². The van der Waals surface area contributed by atoms with Gasteiger partial charge in [-0.25, -0.2) is 4.98 Å². The predicted molar refractivity (Wildman–Crippen MR) is 52.9 cm³/mol. The van der Waals surface area contributed by atoms with E-state index >= 15 is 0 Å². The average molecular weight is 229 g/mol.